The molecule has 0 spiro atoms. The largest absolute Gasteiger partial charge is 1.00 e. The summed E-state index contributed by atoms with van der Waals surface area (Å²) in [4.78, 5) is 17.5. The third-order valence-corrected chi connectivity index (χ3v) is 3.68. The van der Waals surface area contributed by atoms with Gasteiger partial charge >= 0.3 is 35.6 Å². The van der Waals surface area contributed by atoms with Crippen LogP contribution in [-0.2, 0) is 14.7 Å². The van der Waals surface area contributed by atoms with Gasteiger partial charge in [0, 0.05) is 13.5 Å². The number of carbonyl (C=O) groups is 1. The molecule has 2 aliphatic rings. The monoisotopic (exact) mass is 326 g/mol. The molecule has 2 amide bonds. The number of urea groups is 1. The van der Waals surface area contributed by atoms with Gasteiger partial charge in [-0.3, -0.25) is 0 Å². The first-order valence-electron chi connectivity index (χ1n) is 5.90. The van der Waals surface area contributed by atoms with Crippen LogP contribution in [0.5, 0.6) is 0 Å². The van der Waals surface area contributed by atoms with Gasteiger partial charge in [0.15, 0.2) is 5.82 Å². The minimum Gasteiger partial charge on any atom is -0.724 e. The van der Waals surface area contributed by atoms with Crippen LogP contribution < -0.4 is 29.6 Å². The second kappa shape index (κ2) is 5.82. The molecule has 2 fully saturated rings. The van der Waals surface area contributed by atoms with Gasteiger partial charge < -0.3 is 14.0 Å². The average molecular weight is 326 g/mol. The molecule has 0 N–H and O–H groups in total. The number of carbonyl (C=O) groups excluding carboxylic acids is 1. The van der Waals surface area contributed by atoms with Crippen LogP contribution in [0.2, 0.25) is 0 Å². The summed E-state index contributed by atoms with van der Waals surface area (Å²) in [6.45, 7) is 1.89. The van der Waals surface area contributed by atoms with Gasteiger partial charge in [-0.25, -0.2) is 13.2 Å². The van der Waals surface area contributed by atoms with E-state index in [2.05, 4.69) is 14.4 Å². The van der Waals surface area contributed by atoms with Crippen LogP contribution >= 0.6 is 0 Å². The van der Waals surface area contributed by atoms with Crippen LogP contribution in [0.3, 0.4) is 0 Å². The van der Waals surface area contributed by atoms with Crippen molar-refractivity contribution in [3.05, 3.63) is 11.7 Å². The minimum absolute atomic E-state index is 0. The number of rotatable bonds is 3. The van der Waals surface area contributed by atoms with Crippen molar-refractivity contribution < 1.29 is 56.1 Å². The minimum atomic E-state index is -4.98. The predicted octanol–water partition coefficient (Wildman–Crippen LogP) is -3.29. The fraction of sp³-hybridized carbons (Fsp3) is 0.667. The van der Waals surface area contributed by atoms with Crippen molar-refractivity contribution in [2.75, 3.05) is 6.54 Å². The summed E-state index contributed by atoms with van der Waals surface area (Å²) < 4.78 is 41.0. The predicted molar refractivity (Wildman–Crippen MR) is 59.5 cm³/mol. The molecule has 0 aliphatic carbocycles. The second-order valence-electron chi connectivity index (χ2n) is 4.66. The number of aryl methyl sites for hydroxylation is 1. The Hall–Kier alpha value is -0.720. The third-order valence-electron chi connectivity index (χ3n) is 3.34. The smallest absolute Gasteiger partial charge is 0.724 e. The summed E-state index contributed by atoms with van der Waals surface area (Å²) >= 11 is 0. The van der Waals surface area contributed by atoms with E-state index in [1.54, 1.807) is 6.92 Å². The van der Waals surface area contributed by atoms with Gasteiger partial charge in [0.25, 0.3) is 0 Å². The van der Waals surface area contributed by atoms with E-state index in [9.17, 15) is 17.8 Å². The van der Waals surface area contributed by atoms with Gasteiger partial charge in [0.05, 0.1) is 12.1 Å². The van der Waals surface area contributed by atoms with Crippen molar-refractivity contribution in [1.82, 2.24) is 20.1 Å². The first-order chi connectivity index (χ1) is 9.35. The van der Waals surface area contributed by atoms with E-state index in [1.807, 2.05) is 0 Å². The average Bonchev–Trinajstić information content (AvgIpc) is 2.88. The summed E-state index contributed by atoms with van der Waals surface area (Å²) in [6.07, 6.45) is 1.02. The zero-order chi connectivity index (χ0) is 14.5. The number of hydroxylamine groups is 2. The van der Waals surface area contributed by atoms with E-state index in [4.69, 9.17) is 4.52 Å². The summed E-state index contributed by atoms with van der Waals surface area (Å²) in [7, 11) is -4.98. The first-order valence-corrected chi connectivity index (χ1v) is 7.24. The van der Waals surface area contributed by atoms with Crippen LogP contribution in [0.4, 0.5) is 4.79 Å². The zero-order valence-electron chi connectivity index (χ0n) is 11.4. The number of amides is 2. The van der Waals surface area contributed by atoms with Crippen molar-refractivity contribution in [1.29, 1.82) is 0 Å². The number of fused-ring (bicyclic) bond motifs is 2. The molecule has 0 unspecified atom stereocenters. The number of hydrogen-bond donors (Lipinski definition) is 0. The van der Waals surface area contributed by atoms with Crippen molar-refractivity contribution in [2.45, 2.75) is 31.8 Å². The molecule has 12 heteroatoms. The van der Waals surface area contributed by atoms with Crippen LogP contribution in [0.1, 0.15) is 30.6 Å². The molecule has 2 atom stereocenters. The Morgan fingerprint density at radius 3 is 2.71 bits per heavy atom. The Balaban J connectivity index is 0.00000161. The molecule has 2 saturated heterocycles. The summed E-state index contributed by atoms with van der Waals surface area (Å²) in [6, 6.07) is -1.55. The first kappa shape index (κ1) is 16.6. The standard InChI is InChI=1S/C9H12N4O6S.Na/c1-5-10-8(11-18-5)7-3-2-6-4-12(7)9(14)13(6)19-20(15,16)17;/h6-7H,2-4H2,1H3,(H,15,16,17);/q;+1/p-1/t6-,7+;/m1./s1. The molecule has 0 saturated carbocycles. The molecule has 21 heavy (non-hydrogen) atoms. The van der Waals surface area contributed by atoms with E-state index in [-0.39, 0.29) is 36.1 Å². The number of nitrogens with zero attached hydrogens (tertiary/aromatic N) is 4. The fourth-order valence-electron chi connectivity index (χ4n) is 2.55. The molecule has 110 valence electrons. The van der Waals surface area contributed by atoms with E-state index >= 15 is 0 Å². The topological polar surface area (TPSA) is 129 Å². The molecule has 2 aliphatic heterocycles. The molecule has 1 aromatic heterocycles. The number of piperidine rings is 1. The summed E-state index contributed by atoms with van der Waals surface area (Å²) in [5.41, 5.74) is 0. The zero-order valence-corrected chi connectivity index (χ0v) is 14.2. The van der Waals surface area contributed by atoms with E-state index < -0.39 is 28.5 Å². The maximum Gasteiger partial charge on any atom is 1.00 e. The van der Waals surface area contributed by atoms with E-state index in [0.717, 1.165) is 0 Å². The Morgan fingerprint density at radius 1 is 1.43 bits per heavy atom. The molecule has 2 bridgehead atoms. The van der Waals surface area contributed by atoms with Gasteiger partial charge in [-0.1, -0.05) is 5.16 Å². The SMILES string of the molecule is Cc1nc([C@@H]2CC[C@@H]3CN2C(=O)N3OS(=O)(=O)[O-])no1.[Na+]. The Labute approximate surface area is 142 Å². The summed E-state index contributed by atoms with van der Waals surface area (Å²) in [5, 5.41) is 4.39. The fourth-order valence-corrected chi connectivity index (χ4v) is 2.93. The van der Waals surface area contributed by atoms with Gasteiger partial charge in [-0.2, -0.15) is 14.3 Å². The Kier molecular flexibility index (Phi) is 4.61. The van der Waals surface area contributed by atoms with Crippen LogP contribution in [0, 0.1) is 6.92 Å². The Morgan fingerprint density at radius 2 is 2.14 bits per heavy atom. The molecule has 1 aromatic rings. The third kappa shape index (κ3) is 3.22. The van der Waals surface area contributed by atoms with Crippen LogP contribution in [0.15, 0.2) is 4.52 Å². The van der Waals surface area contributed by atoms with Gasteiger partial charge in [0.1, 0.15) is 0 Å². The Bertz CT molecular complexity index is 648. The molecule has 10 nitrogen and oxygen atoms in total. The number of hydrogen-bond acceptors (Lipinski definition) is 8. The number of aromatic nitrogens is 2. The molecule has 3 rings (SSSR count). The normalized spacial score (nSPS) is 25.1. The van der Waals surface area contributed by atoms with Crippen molar-refractivity contribution in [3.63, 3.8) is 0 Å². The maximum absolute atomic E-state index is 12.1. The van der Waals surface area contributed by atoms with Crippen molar-refractivity contribution in [3.8, 4) is 0 Å². The molecule has 3 heterocycles. The van der Waals surface area contributed by atoms with Crippen molar-refractivity contribution in [2.24, 2.45) is 0 Å². The maximum atomic E-state index is 12.1. The van der Waals surface area contributed by atoms with Crippen molar-refractivity contribution >= 4 is 16.4 Å². The van der Waals surface area contributed by atoms with E-state index in [1.165, 1.54) is 4.90 Å². The molecule has 0 aromatic carbocycles. The van der Waals surface area contributed by atoms with E-state index in [0.29, 0.717) is 29.6 Å². The van der Waals surface area contributed by atoms with Crippen LogP contribution in [0.25, 0.3) is 0 Å². The molecule has 0 radical (unpaired) electrons. The summed E-state index contributed by atoms with van der Waals surface area (Å²) in [5.74, 6) is 0.741. The second-order valence-corrected chi connectivity index (χ2v) is 5.63. The molecular formula is C9H11N4NaO6S. The van der Waals surface area contributed by atoms with Crippen LogP contribution in [-0.4, -0.2) is 51.7 Å². The van der Waals surface area contributed by atoms with Gasteiger partial charge in [-0.15, -0.1) is 0 Å². The molecular weight excluding hydrogens is 315 g/mol. The quantitative estimate of drug-likeness (QED) is 0.321. The van der Waals surface area contributed by atoms with Gasteiger partial charge in [0.2, 0.25) is 16.3 Å². The van der Waals surface area contributed by atoms with Gasteiger partial charge in [-0.05, 0) is 12.8 Å².